The van der Waals surface area contributed by atoms with Crippen LogP contribution in [0.1, 0.15) is 22.3 Å². The molecule has 0 radical (unpaired) electrons. The molecule has 120 valence electrons. The van der Waals surface area contributed by atoms with Crippen molar-refractivity contribution in [1.82, 2.24) is 5.32 Å². The minimum Gasteiger partial charge on any atom is -0.480 e. The highest BCUT2D eigenvalue weighted by molar-refractivity contribution is 5.94. The molecule has 22 heavy (non-hydrogen) atoms. The number of carbonyl (C=O) groups excluding carboxylic acids is 1. The largest absolute Gasteiger partial charge is 0.480 e. The van der Waals surface area contributed by atoms with Gasteiger partial charge < -0.3 is 19.9 Å². The highest BCUT2D eigenvalue weighted by Crippen LogP contribution is 2.14. The van der Waals surface area contributed by atoms with Crippen LogP contribution in [0.25, 0.3) is 0 Å². The van der Waals surface area contributed by atoms with Crippen molar-refractivity contribution < 1.29 is 28.6 Å². The highest BCUT2D eigenvalue weighted by atomic mass is 19.1. The van der Waals surface area contributed by atoms with Crippen LogP contribution in [0.2, 0.25) is 0 Å². The van der Waals surface area contributed by atoms with Crippen LogP contribution in [0.5, 0.6) is 0 Å². The predicted molar refractivity (Wildman–Crippen MR) is 75.2 cm³/mol. The van der Waals surface area contributed by atoms with Gasteiger partial charge in [-0.3, -0.25) is 4.79 Å². The van der Waals surface area contributed by atoms with Gasteiger partial charge in [0.05, 0.1) is 18.8 Å². The van der Waals surface area contributed by atoms with Gasteiger partial charge in [-0.05, 0) is 37.1 Å². The van der Waals surface area contributed by atoms with Crippen molar-refractivity contribution in [2.45, 2.75) is 25.5 Å². The van der Waals surface area contributed by atoms with E-state index >= 15 is 0 Å². The van der Waals surface area contributed by atoms with Crippen molar-refractivity contribution in [3.63, 3.8) is 0 Å². The van der Waals surface area contributed by atoms with E-state index in [2.05, 4.69) is 5.32 Å². The van der Waals surface area contributed by atoms with Gasteiger partial charge in [0.1, 0.15) is 12.4 Å². The van der Waals surface area contributed by atoms with Crippen LogP contribution >= 0.6 is 0 Å². The molecule has 2 rings (SSSR count). The van der Waals surface area contributed by atoms with Gasteiger partial charge in [-0.1, -0.05) is 0 Å². The van der Waals surface area contributed by atoms with Crippen LogP contribution in [-0.4, -0.2) is 48.9 Å². The number of halogens is 1. The number of nitrogens with one attached hydrogen (secondary N) is 1. The lowest BCUT2D eigenvalue weighted by atomic mass is 10.1. The molecule has 1 heterocycles. The standard InChI is InChI=1S/C15H18FNO5/c1-9-6-10(2-3-11(9)16)15(20)17-12-7-21-5-4-13(12)22-8-14(18)19/h2-3,6,12-13H,4-5,7-8H2,1H3,(H,17,20)(H,18,19)/t12-,13+/m1/s1. The fourth-order valence-corrected chi connectivity index (χ4v) is 2.27. The number of ether oxygens (including phenoxy) is 2. The molecule has 1 amide bonds. The summed E-state index contributed by atoms with van der Waals surface area (Å²) in [5, 5.41) is 11.4. The third-order valence-corrected chi connectivity index (χ3v) is 3.45. The zero-order valence-corrected chi connectivity index (χ0v) is 12.2. The number of benzene rings is 1. The molecule has 0 unspecified atom stereocenters. The van der Waals surface area contributed by atoms with E-state index in [1.165, 1.54) is 18.2 Å². The summed E-state index contributed by atoms with van der Waals surface area (Å²) in [6.07, 6.45) is 0.0797. The van der Waals surface area contributed by atoms with E-state index in [4.69, 9.17) is 14.6 Å². The molecular weight excluding hydrogens is 293 g/mol. The zero-order chi connectivity index (χ0) is 16.1. The van der Waals surface area contributed by atoms with Crippen molar-refractivity contribution in [3.8, 4) is 0 Å². The molecule has 1 aliphatic rings. The normalized spacial score (nSPS) is 21.4. The van der Waals surface area contributed by atoms with Crippen LogP contribution < -0.4 is 5.32 Å². The van der Waals surface area contributed by atoms with E-state index in [9.17, 15) is 14.0 Å². The summed E-state index contributed by atoms with van der Waals surface area (Å²) in [5.74, 6) is -1.81. The molecule has 0 aromatic heterocycles. The van der Waals surface area contributed by atoms with Gasteiger partial charge in [0.25, 0.3) is 5.91 Å². The van der Waals surface area contributed by atoms with Gasteiger partial charge in [-0.15, -0.1) is 0 Å². The number of carboxylic acids is 1. The Morgan fingerprint density at radius 2 is 2.27 bits per heavy atom. The maximum Gasteiger partial charge on any atom is 0.329 e. The number of carboxylic acid groups (broad SMARTS) is 1. The summed E-state index contributed by atoms with van der Waals surface area (Å²) in [6, 6.07) is 3.65. The third kappa shape index (κ3) is 4.25. The topological polar surface area (TPSA) is 84.9 Å². The van der Waals surface area contributed by atoms with E-state index < -0.39 is 24.7 Å². The Labute approximate surface area is 127 Å². The molecule has 1 aromatic carbocycles. The first-order chi connectivity index (χ1) is 10.5. The smallest absolute Gasteiger partial charge is 0.329 e. The Bertz CT molecular complexity index is 563. The molecule has 0 spiro atoms. The summed E-state index contributed by atoms with van der Waals surface area (Å²) in [7, 11) is 0. The second-order valence-corrected chi connectivity index (χ2v) is 5.15. The van der Waals surface area contributed by atoms with E-state index in [0.29, 0.717) is 24.2 Å². The highest BCUT2D eigenvalue weighted by Gasteiger charge is 2.28. The van der Waals surface area contributed by atoms with Gasteiger partial charge in [0.2, 0.25) is 0 Å². The summed E-state index contributed by atoms with van der Waals surface area (Å²) in [4.78, 5) is 22.8. The first-order valence-corrected chi connectivity index (χ1v) is 6.95. The Morgan fingerprint density at radius 1 is 1.50 bits per heavy atom. The average Bonchev–Trinajstić information content (AvgIpc) is 2.49. The molecule has 0 bridgehead atoms. The number of aliphatic carboxylic acids is 1. The van der Waals surface area contributed by atoms with Crippen molar-refractivity contribution in [2.24, 2.45) is 0 Å². The molecule has 7 heteroatoms. The fourth-order valence-electron chi connectivity index (χ4n) is 2.27. The SMILES string of the molecule is Cc1cc(C(=O)N[C@@H]2COCC[C@@H]2OCC(=O)O)ccc1F. The lowest BCUT2D eigenvalue weighted by Crippen LogP contribution is -2.51. The molecule has 2 N–H and O–H groups in total. The minimum absolute atomic E-state index is 0.246. The van der Waals surface area contributed by atoms with Crippen molar-refractivity contribution in [1.29, 1.82) is 0 Å². The summed E-state index contributed by atoms with van der Waals surface area (Å²) < 4.78 is 23.8. The number of amides is 1. The van der Waals surface area contributed by atoms with Gasteiger partial charge in [0.15, 0.2) is 0 Å². The Balaban J connectivity index is 2.01. The Morgan fingerprint density at radius 3 is 2.95 bits per heavy atom. The molecule has 1 saturated heterocycles. The van der Waals surface area contributed by atoms with E-state index in [0.717, 1.165) is 0 Å². The first-order valence-electron chi connectivity index (χ1n) is 6.95. The number of carbonyl (C=O) groups is 2. The predicted octanol–water partition coefficient (Wildman–Crippen LogP) is 1.12. The monoisotopic (exact) mass is 311 g/mol. The van der Waals surface area contributed by atoms with Crippen molar-refractivity contribution >= 4 is 11.9 Å². The number of hydrogen-bond acceptors (Lipinski definition) is 4. The van der Waals surface area contributed by atoms with Gasteiger partial charge in [-0.2, -0.15) is 0 Å². The maximum absolute atomic E-state index is 13.2. The summed E-state index contributed by atoms with van der Waals surface area (Å²) in [6.45, 7) is 1.85. The van der Waals surface area contributed by atoms with E-state index in [1.807, 2.05) is 0 Å². The van der Waals surface area contributed by atoms with E-state index in [-0.39, 0.29) is 18.3 Å². The maximum atomic E-state index is 13.2. The van der Waals surface area contributed by atoms with Crippen LogP contribution in [0.4, 0.5) is 4.39 Å². The number of hydrogen-bond donors (Lipinski definition) is 2. The molecule has 0 aliphatic carbocycles. The lowest BCUT2D eigenvalue weighted by Gasteiger charge is -2.31. The van der Waals surface area contributed by atoms with Crippen LogP contribution in [0.15, 0.2) is 18.2 Å². The Kier molecular flexibility index (Phi) is 5.46. The van der Waals surface area contributed by atoms with Crippen molar-refractivity contribution in [2.75, 3.05) is 19.8 Å². The van der Waals surface area contributed by atoms with E-state index in [1.54, 1.807) is 6.92 Å². The number of rotatable bonds is 5. The van der Waals surface area contributed by atoms with Crippen molar-refractivity contribution in [3.05, 3.63) is 35.1 Å². The average molecular weight is 311 g/mol. The molecular formula is C15H18FNO5. The second kappa shape index (κ2) is 7.33. The fraction of sp³-hybridized carbons (Fsp3) is 0.467. The lowest BCUT2D eigenvalue weighted by molar-refractivity contribution is -0.147. The first kappa shape index (κ1) is 16.4. The minimum atomic E-state index is -1.06. The third-order valence-electron chi connectivity index (χ3n) is 3.45. The second-order valence-electron chi connectivity index (χ2n) is 5.15. The number of aryl methyl sites for hydroxylation is 1. The van der Waals surface area contributed by atoms with Crippen LogP contribution in [0.3, 0.4) is 0 Å². The molecule has 1 aromatic rings. The van der Waals surface area contributed by atoms with Crippen LogP contribution in [0, 0.1) is 12.7 Å². The van der Waals surface area contributed by atoms with Gasteiger partial charge >= 0.3 is 5.97 Å². The van der Waals surface area contributed by atoms with Gasteiger partial charge in [-0.25, -0.2) is 9.18 Å². The molecule has 6 nitrogen and oxygen atoms in total. The Hall–Kier alpha value is -1.99. The molecule has 1 fully saturated rings. The summed E-state index contributed by atoms with van der Waals surface area (Å²) in [5.41, 5.74) is 0.715. The molecule has 1 aliphatic heterocycles. The zero-order valence-electron chi connectivity index (χ0n) is 12.2. The molecule has 2 atom stereocenters. The van der Waals surface area contributed by atoms with Gasteiger partial charge in [0, 0.05) is 12.2 Å². The molecule has 0 saturated carbocycles. The van der Waals surface area contributed by atoms with Crippen LogP contribution in [-0.2, 0) is 14.3 Å². The quantitative estimate of drug-likeness (QED) is 0.851. The summed E-state index contributed by atoms with van der Waals surface area (Å²) >= 11 is 0.